The Balaban J connectivity index is 2.44. The fourth-order valence-corrected chi connectivity index (χ4v) is 2.08. The number of oxime groups is 1. The minimum absolute atomic E-state index is 0.0777. The number of carbonyl (C=O) groups is 1. The summed E-state index contributed by atoms with van der Waals surface area (Å²) < 4.78 is 0. The monoisotopic (exact) mass is 304 g/mol. The van der Waals surface area contributed by atoms with E-state index in [0.29, 0.717) is 16.8 Å². The number of pyridine rings is 1. The molecule has 0 aliphatic heterocycles. The maximum absolute atomic E-state index is 12.5. The Labute approximate surface area is 126 Å². The van der Waals surface area contributed by atoms with Crippen LogP contribution in [0.25, 0.3) is 0 Å². The number of rotatable bonds is 3. The number of halogens is 1. The number of hydrogen-bond donors (Lipinski definition) is 2. The largest absolute Gasteiger partial charge is 0.409 e. The lowest BCUT2D eigenvalue weighted by atomic mass is 10.1. The molecule has 3 N–H and O–H groups in total. The van der Waals surface area contributed by atoms with E-state index in [1.807, 2.05) is 0 Å². The van der Waals surface area contributed by atoms with E-state index in [1.54, 1.807) is 31.3 Å². The number of amides is 1. The van der Waals surface area contributed by atoms with Gasteiger partial charge in [0.1, 0.15) is 0 Å². The second kappa shape index (κ2) is 6.23. The van der Waals surface area contributed by atoms with Crippen LogP contribution in [0.2, 0.25) is 5.02 Å². The molecule has 0 atom stereocenters. The number of benzene rings is 1. The first-order valence-electron chi connectivity index (χ1n) is 6.00. The van der Waals surface area contributed by atoms with E-state index in [0.717, 1.165) is 0 Å². The SMILES string of the molecule is CN(C(=O)c1ccncc1Cl)c1ccccc1/C(N)=N/O. The molecular formula is C14H13ClN4O2. The fraction of sp³-hybridized carbons (Fsp3) is 0.0714. The molecule has 2 rings (SSSR count). The number of hydrogen-bond acceptors (Lipinski definition) is 4. The quantitative estimate of drug-likeness (QED) is 0.393. The van der Waals surface area contributed by atoms with Gasteiger partial charge in [-0.05, 0) is 18.2 Å². The van der Waals surface area contributed by atoms with Crippen molar-refractivity contribution in [2.24, 2.45) is 10.9 Å². The standard InChI is InChI=1S/C14H13ClN4O2/c1-19(14(20)9-6-7-17-8-11(9)15)12-5-3-2-4-10(12)13(16)18-21/h2-8,21H,1H3,(H2,16,18). The summed E-state index contributed by atoms with van der Waals surface area (Å²) in [4.78, 5) is 17.7. The van der Waals surface area contributed by atoms with Crippen LogP contribution in [-0.2, 0) is 0 Å². The van der Waals surface area contributed by atoms with Crippen LogP contribution in [0.5, 0.6) is 0 Å². The first kappa shape index (κ1) is 14.8. The average molecular weight is 305 g/mol. The van der Waals surface area contributed by atoms with Gasteiger partial charge in [-0.1, -0.05) is 28.9 Å². The Bertz CT molecular complexity index is 703. The minimum atomic E-state index is -0.319. The molecule has 1 heterocycles. The number of aromatic nitrogens is 1. The Kier molecular flexibility index (Phi) is 4.39. The number of anilines is 1. The predicted molar refractivity (Wildman–Crippen MR) is 80.9 cm³/mol. The maximum atomic E-state index is 12.5. The molecule has 0 radical (unpaired) electrons. The van der Waals surface area contributed by atoms with Crippen molar-refractivity contribution < 1.29 is 10.0 Å². The van der Waals surface area contributed by atoms with Gasteiger partial charge in [-0.25, -0.2) is 0 Å². The van der Waals surface area contributed by atoms with Crippen LogP contribution in [0, 0.1) is 0 Å². The molecule has 21 heavy (non-hydrogen) atoms. The molecule has 0 bridgehead atoms. The third-order valence-corrected chi connectivity index (χ3v) is 3.26. The minimum Gasteiger partial charge on any atom is -0.409 e. The predicted octanol–water partition coefficient (Wildman–Crippen LogP) is 2.11. The van der Waals surface area contributed by atoms with Gasteiger partial charge >= 0.3 is 0 Å². The molecule has 0 aliphatic rings. The molecule has 2 aromatic rings. The highest BCUT2D eigenvalue weighted by Gasteiger charge is 2.19. The molecule has 0 spiro atoms. The van der Waals surface area contributed by atoms with Crippen LogP contribution in [0.3, 0.4) is 0 Å². The topological polar surface area (TPSA) is 91.8 Å². The number of nitrogens with two attached hydrogens (primary N) is 1. The third-order valence-electron chi connectivity index (χ3n) is 2.96. The molecule has 0 unspecified atom stereocenters. The van der Waals surface area contributed by atoms with Crippen molar-refractivity contribution in [3.8, 4) is 0 Å². The molecule has 6 nitrogen and oxygen atoms in total. The summed E-state index contributed by atoms with van der Waals surface area (Å²) in [7, 11) is 1.59. The lowest BCUT2D eigenvalue weighted by molar-refractivity contribution is 0.0993. The summed E-state index contributed by atoms with van der Waals surface area (Å²) in [5.74, 6) is -0.397. The van der Waals surface area contributed by atoms with Gasteiger partial charge in [0.25, 0.3) is 5.91 Å². The molecule has 7 heteroatoms. The zero-order chi connectivity index (χ0) is 15.4. The molecule has 1 aromatic carbocycles. The highest BCUT2D eigenvalue weighted by molar-refractivity contribution is 6.34. The molecule has 0 aliphatic carbocycles. The number of nitrogens with zero attached hydrogens (tertiary/aromatic N) is 3. The van der Waals surface area contributed by atoms with Crippen LogP contribution < -0.4 is 10.6 Å². The summed E-state index contributed by atoms with van der Waals surface area (Å²) in [6.07, 6.45) is 2.89. The zero-order valence-corrected chi connectivity index (χ0v) is 11.9. The van der Waals surface area contributed by atoms with E-state index in [2.05, 4.69) is 10.1 Å². The summed E-state index contributed by atoms with van der Waals surface area (Å²) in [5.41, 5.74) is 6.90. The van der Waals surface area contributed by atoms with Crippen molar-refractivity contribution in [3.63, 3.8) is 0 Å². The number of para-hydroxylation sites is 1. The Morgan fingerprint density at radius 1 is 1.33 bits per heavy atom. The van der Waals surface area contributed by atoms with Crippen molar-refractivity contribution in [2.75, 3.05) is 11.9 Å². The van der Waals surface area contributed by atoms with E-state index in [4.69, 9.17) is 22.5 Å². The highest BCUT2D eigenvalue weighted by atomic mass is 35.5. The van der Waals surface area contributed by atoms with Gasteiger partial charge in [0.05, 0.1) is 16.3 Å². The van der Waals surface area contributed by atoms with Gasteiger partial charge in [0.2, 0.25) is 0 Å². The van der Waals surface area contributed by atoms with E-state index >= 15 is 0 Å². The van der Waals surface area contributed by atoms with Crippen LogP contribution >= 0.6 is 11.6 Å². The van der Waals surface area contributed by atoms with Gasteiger partial charge in [0, 0.05) is 25.0 Å². The Morgan fingerprint density at radius 3 is 2.71 bits per heavy atom. The lowest BCUT2D eigenvalue weighted by Gasteiger charge is -2.20. The van der Waals surface area contributed by atoms with Crippen molar-refractivity contribution in [2.45, 2.75) is 0 Å². The van der Waals surface area contributed by atoms with Crippen LogP contribution in [0.15, 0.2) is 47.9 Å². The van der Waals surface area contributed by atoms with Gasteiger partial charge in [-0.3, -0.25) is 9.78 Å². The van der Waals surface area contributed by atoms with E-state index < -0.39 is 0 Å². The van der Waals surface area contributed by atoms with E-state index in [1.165, 1.54) is 23.4 Å². The van der Waals surface area contributed by atoms with Crippen LogP contribution in [-0.4, -0.2) is 29.0 Å². The Morgan fingerprint density at radius 2 is 2.05 bits per heavy atom. The molecule has 1 aromatic heterocycles. The average Bonchev–Trinajstić information content (AvgIpc) is 2.53. The molecule has 1 amide bonds. The Hall–Kier alpha value is -2.60. The lowest BCUT2D eigenvalue weighted by Crippen LogP contribution is -2.29. The fourth-order valence-electron chi connectivity index (χ4n) is 1.88. The summed E-state index contributed by atoms with van der Waals surface area (Å²) in [5, 5.41) is 12.1. The second-order valence-electron chi connectivity index (χ2n) is 4.22. The first-order chi connectivity index (χ1) is 10.1. The van der Waals surface area contributed by atoms with Crippen LogP contribution in [0.1, 0.15) is 15.9 Å². The van der Waals surface area contributed by atoms with E-state index in [9.17, 15) is 4.79 Å². The smallest absolute Gasteiger partial charge is 0.259 e. The van der Waals surface area contributed by atoms with Crippen LogP contribution in [0.4, 0.5) is 5.69 Å². The normalized spacial score (nSPS) is 11.2. The molecular weight excluding hydrogens is 292 g/mol. The third kappa shape index (κ3) is 2.95. The molecule has 108 valence electrons. The molecule has 0 saturated heterocycles. The first-order valence-corrected chi connectivity index (χ1v) is 6.38. The van der Waals surface area contributed by atoms with Gasteiger partial charge in [0.15, 0.2) is 5.84 Å². The van der Waals surface area contributed by atoms with Gasteiger partial charge in [-0.2, -0.15) is 0 Å². The van der Waals surface area contributed by atoms with Gasteiger partial charge < -0.3 is 15.8 Å². The van der Waals surface area contributed by atoms with Crippen molar-refractivity contribution in [3.05, 3.63) is 58.9 Å². The highest BCUT2D eigenvalue weighted by Crippen LogP contribution is 2.23. The van der Waals surface area contributed by atoms with Crippen molar-refractivity contribution >= 4 is 29.0 Å². The number of carbonyl (C=O) groups excluding carboxylic acids is 1. The summed E-state index contributed by atoms with van der Waals surface area (Å²) >= 11 is 5.98. The van der Waals surface area contributed by atoms with Gasteiger partial charge in [-0.15, -0.1) is 0 Å². The molecule has 0 saturated carbocycles. The number of amidine groups is 1. The zero-order valence-electron chi connectivity index (χ0n) is 11.2. The van der Waals surface area contributed by atoms with E-state index in [-0.39, 0.29) is 16.8 Å². The van der Waals surface area contributed by atoms with Crippen molar-refractivity contribution in [1.82, 2.24) is 4.98 Å². The van der Waals surface area contributed by atoms with Crippen molar-refractivity contribution in [1.29, 1.82) is 0 Å². The second-order valence-corrected chi connectivity index (χ2v) is 4.63. The maximum Gasteiger partial charge on any atom is 0.259 e. The summed E-state index contributed by atoms with van der Waals surface area (Å²) in [6, 6.07) is 8.37. The summed E-state index contributed by atoms with van der Waals surface area (Å²) in [6.45, 7) is 0. The molecule has 0 fully saturated rings.